The summed E-state index contributed by atoms with van der Waals surface area (Å²) in [4.78, 5) is 10.7. The predicted octanol–water partition coefficient (Wildman–Crippen LogP) is 1.12. The highest BCUT2D eigenvalue weighted by atomic mass is 32.2. The van der Waals surface area contributed by atoms with Crippen molar-refractivity contribution in [2.24, 2.45) is 0 Å². The molecule has 1 aromatic carbocycles. The van der Waals surface area contributed by atoms with Gasteiger partial charge in [-0.3, -0.25) is 5.43 Å². The Morgan fingerprint density at radius 2 is 1.89 bits per heavy atom. The van der Waals surface area contributed by atoms with Gasteiger partial charge in [0.1, 0.15) is 5.82 Å². The number of nitrogens with one attached hydrogen (secondary N) is 2. The summed E-state index contributed by atoms with van der Waals surface area (Å²) in [5, 5.41) is 0.775. The van der Waals surface area contributed by atoms with Crippen molar-refractivity contribution in [1.82, 2.24) is 14.8 Å². The van der Waals surface area contributed by atoms with Gasteiger partial charge in [-0.15, -0.1) is 4.83 Å². The number of rotatable bonds is 3. The first-order chi connectivity index (χ1) is 8.35. The highest BCUT2D eigenvalue weighted by Crippen LogP contribution is 2.20. The van der Waals surface area contributed by atoms with Gasteiger partial charge < -0.3 is 0 Å². The lowest BCUT2D eigenvalue weighted by atomic mass is 10.1. The van der Waals surface area contributed by atoms with Gasteiger partial charge in [0, 0.05) is 5.39 Å². The predicted molar refractivity (Wildman–Crippen MR) is 70.6 cm³/mol. The Morgan fingerprint density at radius 1 is 1.17 bits per heavy atom. The van der Waals surface area contributed by atoms with E-state index in [1.807, 2.05) is 25.1 Å². The normalized spacial score (nSPS) is 11.7. The summed E-state index contributed by atoms with van der Waals surface area (Å²) in [6.07, 6.45) is 1.07. The number of benzene rings is 1. The van der Waals surface area contributed by atoms with Crippen LogP contribution in [-0.2, 0) is 10.0 Å². The first-order valence-corrected chi connectivity index (χ1v) is 7.22. The summed E-state index contributed by atoms with van der Waals surface area (Å²) in [6.45, 7) is 3.71. The van der Waals surface area contributed by atoms with E-state index in [-0.39, 0.29) is 0 Å². The molecule has 18 heavy (non-hydrogen) atoms. The lowest BCUT2D eigenvalue weighted by Crippen LogP contribution is -2.28. The molecule has 2 rings (SSSR count). The summed E-state index contributed by atoms with van der Waals surface area (Å²) >= 11 is 0. The van der Waals surface area contributed by atoms with Gasteiger partial charge in [-0.05, 0) is 26.0 Å². The molecule has 1 aromatic heterocycles. The maximum Gasteiger partial charge on any atom is 0.225 e. The fourth-order valence-corrected chi connectivity index (χ4v) is 1.88. The molecular formula is C11H14N4O2S. The Labute approximate surface area is 105 Å². The van der Waals surface area contributed by atoms with Crippen LogP contribution in [0, 0.1) is 13.8 Å². The molecule has 96 valence electrons. The Morgan fingerprint density at radius 3 is 2.56 bits per heavy atom. The number of aryl methyl sites for hydroxylation is 2. The summed E-state index contributed by atoms with van der Waals surface area (Å²) < 4.78 is 22.2. The summed E-state index contributed by atoms with van der Waals surface area (Å²) in [5.41, 5.74) is 4.43. The van der Waals surface area contributed by atoms with Crippen LogP contribution >= 0.6 is 0 Å². The van der Waals surface area contributed by atoms with Gasteiger partial charge in [-0.2, -0.15) is 0 Å². The third kappa shape index (κ3) is 2.93. The van der Waals surface area contributed by atoms with E-state index in [2.05, 4.69) is 20.2 Å². The largest absolute Gasteiger partial charge is 0.292 e. The number of sulfonamides is 1. The molecule has 0 bridgehead atoms. The second-order valence-electron chi connectivity index (χ2n) is 4.14. The van der Waals surface area contributed by atoms with E-state index in [4.69, 9.17) is 0 Å². The molecule has 2 N–H and O–H groups in total. The second-order valence-corrected chi connectivity index (χ2v) is 5.89. The van der Waals surface area contributed by atoms with E-state index in [0.717, 1.165) is 22.7 Å². The van der Waals surface area contributed by atoms with E-state index in [1.54, 1.807) is 6.92 Å². The van der Waals surface area contributed by atoms with Crippen LogP contribution in [0.25, 0.3) is 10.9 Å². The van der Waals surface area contributed by atoms with E-state index in [0.29, 0.717) is 11.6 Å². The van der Waals surface area contributed by atoms with E-state index in [9.17, 15) is 8.42 Å². The smallest absolute Gasteiger partial charge is 0.225 e. The molecule has 0 atom stereocenters. The molecule has 0 aliphatic rings. The number of hydrogen-bond donors (Lipinski definition) is 2. The second kappa shape index (κ2) is 4.51. The standard InChI is InChI=1S/C11H14N4O2S/c1-7-4-5-10-9(6-7)11(13-8(2)12-10)14-15-18(3,16)17/h4-6,15H,1-3H3,(H,12,13,14). The minimum Gasteiger partial charge on any atom is -0.292 e. The Bertz CT molecular complexity index is 698. The fraction of sp³-hybridized carbons (Fsp3) is 0.273. The molecule has 2 aromatic rings. The molecule has 0 saturated carbocycles. The topological polar surface area (TPSA) is 84.0 Å². The molecule has 7 heteroatoms. The molecule has 0 amide bonds. The van der Waals surface area contributed by atoms with Crippen molar-refractivity contribution in [2.45, 2.75) is 13.8 Å². The Kier molecular flexibility index (Phi) is 3.18. The molecule has 0 unspecified atom stereocenters. The van der Waals surface area contributed by atoms with Crippen molar-refractivity contribution >= 4 is 26.7 Å². The summed E-state index contributed by atoms with van der Waals surface area (Å²) in [5.74, 6) is 1.02. The van der Waals surface area contributed by atoms with Crippen LogP contribution in [0.15, 0.2) is 18.2 Å². The van der Waals surface area contributed by atoms with Crippen LogP contribution < -0.4 is 10.3 Å². The highest BCUT2D eigenvalue weighted by Gasteiger charge is 2.07. The summed E-state index contributed by atoms with van der Waals surface area (Å²) in [7, 11) is -3.34. The van der Waals surface area contributed by atoms with Gasteiger partial charge in [0.2, 0.25) is 10.0 Å². The number of anilines is 1. The van der Waals surface area contributed by atoms with Crippen molar-refractivity contribution in [3.8, 4) is 0 Å². The number of fused-ring (bicyclic) bond motifs is 1. The zero-order valence-corrected chi connectivity index (χ0v) is 11.2. The van der Waals surface area contributed by atoms with Gasteiger partial charge in [-0.1, -0.05) is 11.6 Å². The van der Waals surface area contributed by atoms with Gasteiger partial charge in [0.25, 0.3) is 0 Å². The van der Waals surface area contributed by atoms with Crippen LogP contribution in [0.1, 0.15) is 11.4 Å². The Hall–Kier alpha value is -1.73. The van der Waals surface area contributed by atoms with E-state index >= 15 is 0 Å². The van der Waals surface area contributed by atoms with Gasteiger partial charge in [-0.25, -0.2) is 18.4 Å². The number of hydrazine groups is 1. The monoisotopic (exact) mass is 266 g/mol. The molecule has 0 radical (unpaired) electrons. The molecule has 1 heterocycles. The van der Waals surface area contributed by atoms with Crippen molar-refractivity contribution in [3.63, 3.8) is 0 Å². The quantitative estimate of drug-likeness (QED) is 0.813. The van der Waals surface area contributed by atoms with Crippen molar-refractivity contribution < 1.29 is 8.42 Å². The highest BCUT2D eigenvalue weighted by molar-refractivity contribution is 7.88. The van der Waals surface area contributed by atoms with E-state index in [1.165, 1.54) is 0 Å². The van der Waals surface area contributed by atoms with Gasteiger partial charge >= 0.3 is 0 Å². The van der Waals surface area contributed by atoms with E-state index < -0.39 is 10.0 Å². The average Bonchev–Trinajstić information content (AvgIpc) is 2.25. The number of aromatic nitrogens is 2. The average molecular weight is 266 g/mol. The van der Waals surface area contributed by atoms with Crippen LogP contribution in [-0.4, -0.2) is 24.6 Å². The molecule has 0 spiro atoms. The van der Waals surface area contributed by atoms with Crippen molar-refractivity contribution in [1.29, 1.82) is 0 Å². The van der Waals surface area contributed by atoms with Gasteiger partial charge in [0.05, 0.1) is 11.8 Å². The van der Waals surface area contributed by atoms with Gasteiger partial charge in [0.15, 0.2) is 5.82 Å². The molecule has 0 saturated heterocycles. The lowest BCUT2D eigenvalue weighted by Gasteiger charge is -2.10. The lowest BCUT2D eigenvalue weighted by molar-refractivity contribution is 0.593. The van der Waals surface area contributed by atoms with Crippen LogP contribution in [0.5, 0.6) is 0 Å². The SMILES string of the molecule is Cc1ccc2nc(C)nc(NNS(C)(=O)=O)c2c1. The summed E-state index contributed by atoms with van der Waals surface area (Å²) in [6, 6.07) is 5.73. The van der Waals surface area contributed by atoms with Crippen molar-refractivity contribution in [2.75, 3.05) is 11.7 Å². The maximum absolute atomic E-state index is 11.1. The van der Waals surface area contributed by atoms with Crippen LogP contribution in [0.4, 0.5) is 5.82 Å². The Balaban J connectivity index is 2.51. The number of nitrogens with zero attached hydrogens (tertiary/aromatic N) is 2. The minimum absolute atomic E-state index is 0.451. The third-order valence-corrected chi connectivity index (χ3v) is 2.79. The first-order valence-electron chi connectivity index (χ1n) is 5.33. The minimum atomic E-state index is -3.34. The molecule has 0 aliphatic heterocycles. The molecule has 6 nitrogen and oxygen atoms in total. The fourth-order valence-electron chi connectivity index (χ4n) is 1.59. The molecule has 0 aliphatic carbocycles. The van der Waals surface area contributed by atoms with Crippen LogP contribution in [0.2, 0.25) is 0 Å². The zero-order valence-electron chi connectivity index (χ0n) is 10.4. The maximum atomic E-state index is 11.1. The van der Waals surface area contributed by atoms with Crippen LogP contribution in [0.3, 0.4) is 0 Å². The van der Waals surface area contributed by atoms with Crippen molar-refractivity contribution in [3.05, 3.63) is 29.6 Å². The number of hydrogen-bond acceptors (Lipinski definition) is 5. The zero-order chi connectivity index (χ0) is 13.3. The first kappa shape index (κ1) is 12.7. The molecular weight excluding hydrogens is 252 g/mol. The third-order valence-electron chi connectivity index (χ3n) is 2.32. The molecule has 0 fully saturated rings.